The summed E-state index contributed by atoms with van der Waals surface area (Å²) < 4.78 is 20.9. The van der Waals surface area contributed by atoms with E-state index in [1.807, 2.05) is 0 Å². The molecule has 0 aromatic heterocycles. The third-order valence-electron chi connectivity index (χ3n) is 7.79. The molecule has 5 rings (SSSR count). The molecule has 0 radical (unpaired) electrons. The maximum absolute atomic E-state index is 15.4. The number of ether oxygens (including phenoxy) is 1. The molecule has 0 saturated carbocycles. The van der Waals surface area contributed by atoms with Gasteiger partial charge in [0.1, 0.15) is 17.5 Å². The third-order valence-corrected chi connectivity index (χ3v) is 8.61. The van der Waals surface area contributed by atoms with Gasteiger partial charge in [0.05, 0.1) is 22.8 Å². The first-order valence-corrected chi connectivity index (χ1v) is 14.5. The smallest absolute Gasteiger partial charge is 0.326 e. The fourth-order valence-corrected chi connectivity index (χ4v) is 5.96. The molecule has 2 aliphatic rings. The number of hydrogen-bond donors (Lipinski definition) is 3. The number of carbonyl (C=O) groups is 4. The van der Waals surface area contributed by atoms with Gasteiger partial charge in [-0.1, -0.05) is 53.5 Å². The molecule has 44 heavy (non-hydrogen) atoms. The van der Waals surface area contributed by atoms with Crippen LogP contribution >= 0.6 is 23.2 Å². The molecular weight excluding hydrogens is 612 g/mol. The molecule has 0 spiro atoms. The molecule has 1 unspecified atom stereocenters. The number of imide groups is 1. The van der Waals surface area contributed by atoms with Crippen LogP contribution in [-0.4, -0.2) is 73.9 Å². The summed E-state index contributed by atoms with van der Waals surface area (Å²) in [6.45, 7) is 0.586. The van der Waals surface area contributed by atoms with Gasteiger partial charge in [0.15, 0.2) is 0 Å². The van der Waals surface area contributed by atoms with Gasteiger partial charge >= 0.3 is 6.03 Å². The average Bonchev–Trinajstić information content (AvgIpc) is 3.43. The number of nitrogens with zero attached hydrogens (tertiary/aromatic N) is 2. The van der Waals surface area contributed by atoms with E-state index in [1.54, 1.807) is 42.5 Å². The van der Waals surface area contributed by atoms with Crippen LogP contribution in [-0.2, 0) is 20.9 Å². The van der Waals surface area contributed by atoms with Crippen LogP contribution in [0.4, 0.5) is 14.9 Å². The first kappa shape index (κ1) is 31.2. The number of benzene rings is 3. The van der Waals surface area contributed by atoms with E-state index in [2.05, 4.69) is 16.0 Å². The molecule has 13 heteroatoms. The van der Waals surface area contributed by atoms with E-state index >= 15 is 4.39 Å². The largest absolute Gasteiger partial charge is 0.496 e. The minimum Gasteiger partial charge on any atom is -0.496 e. The number of rotatable bonds is 8. The summed E-state index contributed by atoms with van der Waals surface area (Å²) in [7, 11) is 4.29. The summed E-state index contributed by atoms with van der Waals surface area (Å²) in [4.78, 5) is 51.5. The van der Waals surface area contributed by atoms with E-state index in [1.165, 1.54) is 32.2 Å². The van der Waals surface area contributed by atoms with Crippen molar-refractivity contribution in [2.45, 2.75) is 19.0 Å². The maximum atomic E-state index is 15.4. The zero-order valence-corrected chi connectivity index (χ0v) is 25.7. The van der Waals surface area contributed by atoms with Gasteiger partial charge in [-0.25, -0.2) is 9.18 Å². The van der Waals surface area contributed by atoms with Crippen molar-refractivity contribution in [3.8, 4) is 28.0 Å². The van der Waals surface area contributed by atoms with E-state index in [0.717, 1.165) is 4.90 Å². The van der Waals surface area contributed by atoms with Crippen LogP contribution in [0.5, 0.6) is 5.75 Å². The number of anilines is 1. The molecule has 10 nitrogen and oxygen atoms in total. The fraction of sp³-hybridized carbons (Fsp3) is 0.290. The van der Waals surface area contributed by atoms with Crippen LogP contribution in [0.3, 0.4) is 0 Å². The Hall–Kier alpha value is -4.19. The molecule has 0 aliphatic carbocycles. The van der Waals surface area contributed by atoms with Gasteiger partial charge in [-0.3, -0.25) is 19.3 Å². The standard InChI is InChI=1S/C31H30Cl2FN5O5/c1-38-15-22(30(42)39(2)31(38)43)29(41)37-24-9-5-8-20(28(24)33)19-7-4-6-18(27(19)32)16-10-23(34)21(25(11-16)44-3)14-35-17-12-26(40)36-13-17/h4-11,17,22,35H,12-15H2,1-3H3,(H,36,40)(H,37,41)/t17-,22?/m0/s1. The van der Waals surface area contributed by atoms with Crippen molar-refractivity contribution >= 4 is 52.6 Å². The molecule has 0 bridgehead atoms. The molecule has 2 atom stereocenters. The Morgan fingerprint density at radius 1 is 1.05 bits per heavy atom. The predicted octanol–water partition coefficient (Wildman–Crippen LogP) is 4.53. The zero-order valence-electron chi connectivity index (χ0n) is 24.2. The van der Waals surface area contributed by atoms with Crippen molar-refractivity contribution in [3.63, 3.8) is 0 Å². The Kier molecular flexibility index (Phi) is 9.10. The average molecular weight is 643 g/mol. The van der Waals surface area contributed by atoms with E-state index in [-0.39, 0.29) is 35.7 Å². The van der Waals surface area contributed by atoms with Crippen LogP contribution in [0.25, 0.3) is 22.3 Å². The highest BCUT2D eigenvalue weighted by molar-refractivity contribution is 6.39. The molecule has 2 saturated heterocycles. The predicted molar refractivity (Wildman–Crippen MR) is 165 cm³/mol. The molecule has 3 aromatic rings. The Morgan fingerprint density at radius 2 is 1.73 bits per heavy atom. The van der Waals surface area contributed by atoms with Gasteiger partial charge in [0, 0.05) is 68.4 Å². The zero-order chi connectivity index (χ0) is 31.7. The van der Waals surface area contributed by atoms with Gasteiger partial charge in [-0.15, -0.1) is 0 Å². The van der Waals surface area contributed by atoms with E-state index in [0.29, 0.717) is 51.6 Å². The highest BCUT2D eigenvalue weighted by Crippen LogP contribution is 2.42. The molecular formula is C31H30Cl2FN5O5. The number of urea groups is 1. The van der Waals surface area contributed by atoms with Gasteiger partial charge in [-0.05, 0) is 23.8 Å². The second-order valence-corrected chi connectivity index (χ2v) is 11.4. The van der Waals surface area contributed by atoms with Crippen molar-refractivity contribution in [1.82, 2.24) is 20.4 Å². The number of hydrogen-bond acceptors (Lipinski definition) is 6. The quantitative estimate of drug-likeness (QED) is 0.311. The van der Waals surface area contributed by atoms with E-state index in [9.17, 15) is 19.2 Å². The molecule has 230 valence electrons. The monoisotopic (exact) mass is 641 g/mol. The topological polar surface area (TPSA) is 120 Å². The Balaban J connectivity index is 1.41. The van der Waals surface area contributed by atoms with Crippen molar-refractivity contribution in [2.24, 2.45) is 5.92 Å². The molecule has 2 heterocycles. The van der Waals surface area contributed by atoms with Crippen molar-refractivity contribution in [2.75, 3.05) is 39.6 Å². The lowest BCUT2D eigenvalue weighted by Gasteiger charge is -2.33. The normalized spacial score (nSPS) is 18.5. The van der Waals surface area contributed by atoms with Gasteiger partial charge in [-0.2, -0.15) is 0 Å². The van der Waals surface area contributed by atoms with Gasteiger partial charge in [0.2, 0.25) is 17.7 Å². The minimum atomic E-state index is -1.10. The highest BCUT2D eigenvalue weighted by atomic mass is 35.5. The van der Waals surface area contributed by atoms with E-state index in [4.69, 9.17) is 27.9 Å². The number of nitrogens with one attached hydrogen (secondary N) is 3. The second-order valence-electron chi connectivity index (χ2n) is 10.7. The fourth-order valence-electron chi connectivity index (χ4n) is 5.34. The molecule has 5 amide bonds. The summed E-state index contributed by atoms with van der Waals surface area (Å²) in [5.74, 6) is -2.54. The first-order valence-electron chi connectivity index (χ1n) is 13.8. The second kappa shape index (κ2) is 12.8. The SMILES string of the molecule is COc1cc(-c2cccc(-c3cccc(NC(=O)C4CN(C)C(=O)N(C)C4=O)c3Cl)c2Cl)cc(F)c1CN[C@@H]1CNC(=O)C1. The number of amides is 5. The van der Waals surface area contributed by atoms with Crippen LogP contribution in [0, 0.1) is 11.7 Å². The van der Waals surface area contributed by atoms with Crippen molar-refractivity contribution < 1.29 is 28.3 Å². The van der Waals surface area contributed by atoms with Gasteiger partial charge in [0.25, 0.3) is 0 Å². The molecule has 2 fully saturated rings. The van der Waals surface area contributed by atoms with Crippen LogP contribution < -0.4 is 20.7 Å². The maximum Gasteiger partial charge on any atom is 0.326 e. The number of carbonyl (C=O) groups excluding carboxylic acids is 4. The number of methoxy groups -OCH3 is 1. The van der Waals surface area contributed by atoms with Crippen LogP contribution in [0.15, 0.2) is 48.5 Å². The summed E-state index contributed by atoms with van der Waals surface area (Å²) in [6.07, 6.45) is 0.326. The Labute approximate surface area is 263 Å². The highest BCUT2D eigenvalue weighted by Gasteiger charge is 2.39. The first-order chi connectivity index (χ1) is 21.0. The summed E-state index contributed by atoms with van der Waals surface area (Å²) >= 11 is 13.7. The summed E-state index contributed by atoms with van der Waals surface area (Å²) in [5.41, 5.74) is 2.63. The Morgan fingerprint density at radius 3 is 2.41 bits per heavy atom. The van der Waals surface area contributed by atoms with Gasteiger partial charge < -0.3 is 25.6 Å². The third kappa shape index (κ3) is 6.08. The summed E-state index contributed by atoms with van der Waals surface area (Å²) in [6, 6.07) is 12.7. The van der Waals surface area contributed by atoms with Crippen LogP contribution in [0.1, 0.15) is 12.0 Å². The lowest BCUT2D eigenvalue weighted by molar-refractivity contribution is -0.140. The van der Waals surface area contributed by atoms with E-state index < -0.39 is 29.6 Å². The Bertz CT molecular complexity index is 1670. The lowest BCUT2D eigenvalue weighted by Crippen LogP contribution is -2.56. The minimum absolute atomic E-state index is 0.0505. The molecule has 2 aliphatic heterocycles. The number of halogens is 3. The van der Waals surface area contributed by atoms with Crippen molar-refractivity contribution in [3.05, 3.63) is 70.0 Å². The summed E-state index contributed by atoms with van der Waals surface area (Å²) in [5, 5.41) is 9.12. The van der Waals surface area contributed by atoms with Crippen LogP contribution in [0.2, 0.25) is 10.0 Å². The molecule has 3 N–H and O–H groups in total. The lowest BCUT2D eigenvalue weighted by atomic mass is 9.97. The molecule has 3 aromatic carbocycles. The van der Waals surface area contributed by atoms with Crippen molar-refractivity contribution in [1.29, 1.82) is 0 Å².